The number of anilines is 1. The average molecular weight is 530 g/mol. The van der Waals surface area contributed by atoms with Crippen molar-refractivity contribution < 1.29 is 18.4 Å². The van der Waals surface area contributed by atoms with E-state index in [1.165, 1.54) is 12.1 Å². The number of rotatable bonds is 4. The van der Waals surface area contributed by atoms with Crippen molar-refractivity contribution in [3.8, 4) is 0 Å². The molecule has 0 saturated carbocycles. The summed E-state index contributed by atoms with van der Waals surface area (Å²) in [6, 6.07) is 9.16. The number of pyridine rings is 2. The van der Waals surface area contributed by atoms with Crippen LogP contribution in [0.15, 0.2) is 54.9 Å². The van der Waals surface area contributed by atoms with Gasteiger partial charge in [0.25, 0.3) is 0 Å². The minimum Gasteiger partial charge on any atom is -0.327 e. The number of fused-ring (bicyclic) bond motifs is 3. The molecule has 3 aliphatic rings. The van der Waals surface area contributed by atoms with Crippen LogP contribution in [0.5, 0.6) is 0 Å². The third kappa shape index (κ3) is 4.03. The molecular formula is C30H29F2N5O2. The minimum absolute atomic E-state index is 0.0441. The Labute approximate surface area is 225 Å². The Hall–Kier alpha value is -3.98. The van der Waals surface area contributed by atoms with Crippen LogP contribution in [-0.2, 0) is 33.4 Å². The van der Waals surface area contributed by atoms with Gasteiger partial charge >= 0.3 is 0 Å². The van der Waals surface area contributed by atoms with Crippen molar-refractivity contribution in [1.29, 1.82) is 0 Å². The van der Waals surface area contributed by atoms with Gasteiger partial charge in [-0.05, 0) is 80.6 Å². The van der Waals surface area contributed by atoms with Crippen LogP contribution in [0.2, 0.25) is 0 Å². The molecular weight excluding hydrogens is 500 g/mol. The van der Waals surface area contributed by atoms with Gasteiger partial charge in [-0.15, -0.1) is 0 Å². The van der Waals surface area contributed by atoms with E-state index in [9.17, 15) is 18.4 Å². The molecule has 1 fully saturated rings. The van der Waals surface area contributed by atoms with Crippen molar-refractivity contribution in [1.82, 2.24) is 20.2 Å². The van der Waals surface area contributed by atoms with Gasteiger partial charge in [-0.1, -0.05) is 12.1 Å². The number of aromatic nitrogens is 2. The van der Waals surface area contributed by atoms with Gasteiger partial charge in [0.1, 0.15) is 17.5 Å². The van der Waals surface area contributed by atoms with Crippen LogP contribution in [0.1, 0.15) is 48.7 Å². The highest BCUT2D eigenvalue weighted by atomic mass is 19.1. The zero-order valence-corrected chi connectivity index (χ0v) is 22.0. The van der Waals surface area contributed by atoms with Gasteiger partial charge in [0.05, 0.1) is 22.2 Å². The molecule has 7 nitrogen and oxygen atoms in total. The highest BCUT2D eigenvalue weighted by molar-refractivity contribution is 6.06. The molecule has 1 spiro atoms. The Balaban J connectivity index is 1.26. The number of hydrogen-bond acceptors (Lipinski definition) is 5. The molecule has 6 rings (SSSR count). The number of amides is 2. The topological polar surface area (TPSA) is 87.2 Å². The maximum atomic E-state index is 14.1. The number of halogens is 2. The summed E-state index contributed by atoms with van der Waals surface area (Å²) in [7, 11) is 0. The molecule has 2 N–H and O–H groups in total. The zero-order chi connectivity index (χ0) is 27.6. The lowest BCUT2D eigenvalue weighted by Gasteiger charge is -2.50. The molecule has 1 aromatic carbocycles. The third-order valence-electron chi connectivity index (χ3n) is 8.39. The second-order valence-corrected chi connectivity index (χ2v) is 11.4. The summed E-state index contributed by atoms with van der Waals surface area (Å²) in [5, 5.41) is 6.14. The first kappa shape index (κ1) is 25.3. The van der Waals surface area contributed by atoms with Crippen molar-refractivity contribution in [2.45, 2.75) is 50.1 Å². The summed E-state index contributed by atoms with van der Waals surface area (Å²) < 4.78 is 28.2. The Bertz CT molecular complexity index is 1530. The van der Waals surface area contributed by atoms with Crippen LogP contribution in [0, 0.1) is 11.6 Å². The minimum atomic E-state index is -0.963. The Kier molecular flexibility index (Phi) is 5.69. The molecule has 4 heterocycles. The molecule has 0 radical (unpaired) electrons. The van der Waals surface area contributed by atoms with E-state index in [0.717, 1.165) is 22.8 Å². The van der Waals surface area contributed by atoms with Gasteiger partial charge in [0.15, 0.2) is 0 Å². The van der Waals surface area contributed by atoms with Crippen molar-refractivity contribution >= 4 is 23.7 Å². The quantitative estimate of drug-likeness (QED) is 0.536. The van der Waals surface area contributed by atoms with Crippen molar-refractivity contribution in [3.63, 3.8) is 0 Å². The van der Waals surface area contributed by atoms with E-state index in [1.807, 2.05) is 43.5 Å². The SMILES string of the molecule is CC1(C)NC[C@@](C)(c2cc(F)cc(F)c2)N(C/C=C/c2cc3c(cn2)C[C@]2(C3)C(=O)Nc3ncccc32)C1=O. The van der Waals surface area contributed by atoms with Crippen molar-refractivity contribution in [2.24, 2.45) is 0 Å². The smallest absolute Gasteiger partial charge is 0.243 e. The fraction of sp³-hybridized carbons (Fsp3) is 0.333. The predicted octanol–water partition coefficient (Wildman–Crippen LogP) is 3.88. The zero-order valence-electron chi connectivity index (χ0n) is 22.0. The summed E-state index contributed by atoms with van der Waals surface area (Å²) in [6.45, 7) is 5.95. The number of carbonyl (C=O) groups is 2. The molecule has 3 aromatic rings. The Morgan fingerprint density at radius 2 is 1.77 bits per heavy atom. The summed E-state index contributed by atoms with van der Waals surface area (Å²) >= 11 is 0. The van der Waals surface area contributed by atoms with Crippen LogP contribution in [0.3, 0.4) is 0 Å². The fourth-order valence-electron chi connectivity index (χ4n) is 6.07. The molecule has 39 heavy (non-hydrogen) atoms. The van der Waals surface area contributed by atoms with E-state index in [0.29, 0.717) is 36.5 Å². The summed E-state index contributed by atoms with van der Waals surface area (Å²) in [5.41, 5.74) is 1.62. The largest absolute Gasteiger partial charge is 0.327 e. The number of nitrogens with one attached hydrogen (secondary N) is 2. The molecule has 2 aliphatic heterocycles. The molecule has 2 atom stereocenters. The van der Waals surface area contributed by atoms with Gasteiger partial charge in [0, 0.05) is 37.1 Å². The van der Waals surface area contributed by atoms with Crippen LogP contribution in [0.25, 0.3) is 6.08 Å². The lowest BCUT2D eigenvalue weighted by molar-refractivity contribution is -0.148. The molecule has 1 aliphatic carbocycles. The van der Waals surface area contributed by atoms with Crippen LogP contribution < -0.4 is 10.6 Å². The standard InChI is InChI=1S/C30H29F2N5O2/c1-28(2)27(39)37(29(3,17-35-28)20-11-21(31)13-22(32)12-20)9-5-6-23-10-18-14-30(15-19(18)16-34-23)24-7-4-8-33-25(24)36-26(30)38/h4-8,10-13,16,35H,9,14-15,17H2,1-3H3,(H,33,36,38)/b6-5+/t29-,30-/m0/s1. The van der Waals surface area contributed by atoms with E-state index in [4.69, 9.17) is 0 Å². The molecule has 200 valence electrons. The molecule has 2 aromatic heterocycles. The number of nitrogens with zero attached hydrogens (tertiary/aromatic N) is 3. The molecule has 9 heteroatoms. The normalized spacial score (nSPS) is 25.3. The van der Waals surface area contributed by atoms with Crippen LogP contribution in [0.4, 0.5) is 14.6 Å². The van der Waals surface area contributed by atoms with Gasteiger partial charge in [-0.2, -0.15) is 0 Å². The van der Waals surface area contributed by atoms with Crippen molar-refractivity contribution in [3.05, 3.63) is 94.5 Å². The maximum absolute atomic E-state index is 14.1. The Morgan fingerprint density at radius 3 is 2.54 bits per heavy atom. The van der Waals surface area contributed by atoms with Gasteiger partial charge < -0.3 is 15.5 Å². The average Bonchev–Trinajstić information content (AvgIpc) is 3.40. The van der Waals surface area contributed by atoms with E-state index >= 15 is 0 Å². The Morgan fingerprint density at radius 1 is 1.03 bits per heavy atom. The molecule has 0 bridgehead atoms. The molecule has 1 saturated heterocycles. The van der Waals surface area contributed by atoms with E-state index in [-0.39, 0.29) is 18.4 Å². The first-order chi connectivity index (χ1) is 18.5. The lowest BCUT2D eigenvalue weighted by Crippen LogP contribution is -2.68. The van der Waals surface area contributed by atoms with Gasteiger partial charge in [-0.3, -0.25) is 14.6 Å². The first-order valence-corrected chi connectivity index (χ1v) is 13.0. The fourth-order valence-corrected chi connectivity index (χ4v) is 6.07. The first-order valence-electron chi connectivity index (χ1n) is 13.0. The van der Waals surface area contributed by atoms with Crippen molar-refractivity contribution in [2.75, 3.05) is 18.4 Å². The van der Waals surface area contributed by atoms with Crippen LogP contribution in [-0.4, -0.2) is 45.3 Å². The van der Waals surface area contributed by atoms with Gasteiger partial charge in [0.2, 0.25) is 11.8 Å². The highest BCUT2D eigenvalue weighted by Crippen LogP contribution is 2.46. The number of piperazine rings is 1. The summed E-state index contributed by atoms with van der Waals surface area (Å²) in [4.78, 5) is 37.0. The third-order valence-corrected chi connectivity index (χ3v) is 8.39. The maximum Gasteiger partial charge on any atom is 0.243 e. The monoisotopic (exact) mass is 529 g/mol. The predicted molar refractivity (Wildman–Crippen MR) is 143 cm³/mol. The second kappa shape index (κ2) is 8.77. The number of benzene rings is 1. The molecule has 0 unspecified atom stereocenters. The second-order valence-electron chi connectivity index (χ2n) is 11.4. The van der Waals surface area contributed by atoms with E-state index in [1.54, 1.807) is 24.9 Å². The number of carbonyl (C=O) groups excluding carboxylic acids is 2. The molecule has 2 amide bonds. The van der Waals surface area contributed by atoms with Crippen LogP contribution >= 0.6 is 0 Å². The highest BCUT2D eigenvalue weighted by Gasteiger charge is 2.51. The summed E-state index contributed by atoms with van der Waals surface area (Å²) in [5.74, 6) is -0.971. The van der Waals surface area contributed by atoms with E-state index < -0.39 is 28.1 Å². The number of hydrogen-bond donors (Lipinski definition) is 2. The summed E-state index contributed by atoms with van der Waals surface area (Å²) in [6.07, 6.45) is 8.29. The lowest BCUT2D eigenvalue weighted by atomic mass is 9.79. The van der Waals surface area contributed by atoms with Gasteiger partial charge in [-0.25, -0.2) is 13.8 Å². The van der Waals surface area contributed by atoms with E-state index in [2.05, 4.69) is 20.6 Å².